The molecule has 2 N–H and O–H groups in total. The predicted molar refractivity (Wildman–Crippen MR) is 27.5 cm³/mol. The zero-order valence-electron chi connectivity index (χ0n) is 5.15. The zero-order chi connectivity index (χ0) is 7.40. The third-order valence-corrected chi connectivity index (χ3v) is 0.832. The van der Waals surface area contributed by atoms with Crippen LogP contribution in [-0.4, -0.2) is 23.5 Å². The fraction of sp³-hybridized carbons (Fsp3) is 0.500. The lowest BCUT2D eigenvalue weighted by Crippen LogP contribution is -2.47. The molecule has 56 valence electrons. The minimum absolute atomic E-state index is 0.0198. The molecule has 0 radical (unpaired) electrons. The molecule has 0 aliphatic carbocycles. The minimum atomic E-state index is -0.523. The topological polar surface area (TPSA) is 85.2 Å². The zero-order valence-corrected chi connectivity index (χ0v) is 5.15. The van der Waals surface area contributed by atoms with E-state index in [9.17, 15) is 5.11 Å². The van der Waals surface area contributed by atoms with Gasteiger partial charge >= 0.3 is 0 Å². The first-order valence-corrected chi connectivity index (χ1v) is 2.73. The van der Waals surface area contributed by atoms with E-state index >= 15 is 0 Å². The summed E-state index contributed by atoms with van der Waals surface area (Å²) in [6, 6.07) is 0. The van der Waals surface area contributed by atoms with Gasteiger partial charge in [0.25, 0.3) is 6.20 Å². The van der Waals surface area contributed by atoms with Crippen LogP contribution in [0.25, 0.3) is 0 Å². The van der Waals surface area contributed by atoms with Crippen molar-refractivity contribution in [3.05, 3.63) is 6.20 Å². The molecule has 0 saturated heterocycles. The second-order valence-corrected chi connectivity index (χ2v) is 1.60. The summed E-state index contributed by atoms with van der Waals surface area (Å²) in [5, 5.41) is 21.9. The van der Waals surface area contributed by atoms with Gasteiger partial charge < -0.3 is 14.7 Å². The summed E-state index contributed by atoms with van der Waals surface area (Å²) in [4.78, 5) is 1.11. The van der Waals surface area contributed by atoms with Crippen LogP contribution in [0, 0.1) is 0 Å². The average Bonchev–Trinajstić information content (AvgIpc) is 2.31. The van der Waals surface area contributed by atoms with Crippen molar-refractivity contribution in [1.29, 1.82) is 0 Å². The number of hydrogen-bond acceptors (Lipinski definition) is 5. The number of nitrogens with one attached hydrogen (secondary N) is 1. The van der Waals surface area contributed by atoms with E-state index in [1.165, 1.54) is 0 Å². The highest BCUT2D eigenvalue weighted by Gasteiger charge is 1.99. The average molecular weight is 145 g/mol. The van der Waals surface area contributed by atoms with Gasteiger partial charge in [-0.2, -0.15) is 5.43 Å². The van der Waals surface area contributed by atoms with Crippen molar-refractivity contribution in [3.8, 4) is 5.95 Å². The Kier molecular flexibility index (Phi) is 2.06. The van der Waals surface area contributed by atoms with Crippen LogP contribution >= 0.6 is 0 Å². The molecular weight excluding hydrogens is 138 g/mol. The van der Waals surface area contributed by atoms with Gasteiger partial charge in [-0.1, -0.05) is 0 Å². The molecule has 0 aliphatic heterocycles. The maximum Gasteiger partial charge on any atom is 0.255 e. The summed E-state index contributed by atoms with van der Waals surface area (Å²) >= 11 is 0. The van der Waals surface area contributed by atoms with Crippen molar-refractivity contribution in [2.45, 2.75) is 0 Å². The summed E-state index contributed by atoms with van der Waals surface area (Å²) in [5.41, 5.74) is 2.58. The standard InChI is InChI=1S/C4H7N3O3/c8-2-1-5-7-3-4(9)10-6-7/h3,8H,1-2H2,(H-,5,6,9). The van der Waals surface area contributed by atoms with Crippen LogP contribution in [0.3, 0.4) is 0 Å². The summed E-state index contributed by atoms with van der Waals surface area (Å²) in [5.74, 6) is -0.523. The van der Waals surface area contributed by atoms with Crippen molar-refractivity contribution in [2.24, 2.45) is 0 Å². The fourth-order valence-electron chi connectivity index (χ4n) is 0.470. The SMILES string of the molecule is [O-]c1c[n+](NCCO)no1. The Morgan fingerprint density at radius 1 is 1.90 bits per heavy atom. The number of aromatic nitrogens is 2. The van der Waals surface area contributed by atoms with Gasteiger partial charge in [0, 0.05) is 4.79 Å². The van der Waals surface area contributed by atoms with E-state index in [0.717, 1.165) is 11.0 Å². The van der Waals surface area contributed by atoms with E-state index in [1.807, 2.05) is 0 Å². The van der Waals surface area contributed by atoms with Crippen molar-refractivity contribution in [2.75, 3.05) is 18.6 Å². The highest BCUT2D eigenvalue weighted by Crippen LogP contribution is 1.90. The van der Waals surface area contributed by atoms with Crippen LogP contribution in [0.5, 0.6) is 5.95 Å². The first-order valence-electron chi connectivity index (χ1n) is 2.73. The Balaban J connectivity index is 2.42. The molecule has 0 saturated carbocycles. The molecule has 0 unspecified atom stereocenters. The van der Waals surface area contributed by atoms with Crippen LogP contribution in [0.2, 0.25) is 0 Å². The van der Waals surface area contributed by atoms with Crippen LogP contribution < -0.4 is 15.3 Å². The van der Waals surface area contributed by atoms with Gasteiger partial charge in [0.15, 0.2) is 5.95 Å². The van der Waals surface area contributed by atoms with Gasteiger partial charge in [-0.3, -0.25) is 0 Å². The molecule has 1 heterocycles. The van der Waals surface area contributed by atoms with E-state index in [1.54, 1.807) is 0 Å². The monoisotopic (exact) mass is 145 g/mol. The lowest BCUT2D eigenvalue weighted by atomic mass is 10.7. The van der Waals surface area contributed by atoms with Gasteiger partial charge in [0.1, 0.15) is 5.27 Å². The number of hydrogen-bond donors (Lipinski definition) is 2. The minimum Gasteiger partial charge on any atom is -0.539 e. The molecule has 0 spiro atoms. The summed E-state index contributed by atoms with van der Waals surface area (Å²) < 4.78 is 4.17. The number of aliphatic hydroxyl groups is 1. The molecule has 1 aromatic rings. The van der Waals surface area contributed by atoms with Gasteiger partial charge in [0.05, 0.1) is 13.2 Å². The molecule has 1 aromatic heterocycles. The predicted octanol–water partition coefficient (Wildman–Crippen LogP) is -2.43. The van der Waals surface area contributed by atoms with Gasteiger partial charge in [-0.05, 0) is 0 Å². The lowest BCUT2D eigenvalue weighted by Gasteiger charge is -1.88. The third kappa shape index (κ3) is 1.59. The Morgan fingerprint density at radius 3 is 3.20 bits per heavy atom. The first kappa shape index (κ1) is 6.81. The molecular formula is C4H7N3O3. The molecule has 0 fully saturated rings. The molecule has 6 nitrogen and oxygen atoms in total. The van der Waals surface area contributed by atoms with Crippen molar-refractivity contribution in [1.82, 2.24) is 5.27 Å². The van der Waals surface area contributed by atoms with E-state index in [4.69, 9.17) is 5.11 Å². The van der Waals surface area contributed by atoms with Gasteiger partial charge in [0.2, 0.25) is 0 Å². The number of rotatable bonds is 3. The highest BCUT2D eigenvalue weighted by atomic mass is 16.6. The molecule has 10 heavy (non-hydrogen) atoms. The smallest absolute Gasteiger partial charge is 0.255 e. The Labute approximate surface area is 56.6 Å². The van der Waals surface area contributed by atoms with E-state index in [-0.39, 0.29) is 6.61 Å². The first-order chi connectivity index (χ1) is 4.83. The van der Waals surface area contributed by atoms with Crippen molar-refractivity contribution < 1.29 is 19.5 Å². The van der Waals surface area contributed by atoms with E-state index in [2.05, 4.69) is 15.2 Å². The summed E-state index contributed by atoms with van der Waals surface area (Å²) in [7, 11) is 0. The third-order valence-electron chi connectivity index (χ3n) is 0.832. The second kappa shape index (κ2) is 3.02. The fourth-order valence-corrected chi connectivity index (χ4v) is 0.470. The normalized spacial score (nSPS) is 9.70. The largest absolute Gasteiger partial charge is 0.539 e. The molecule has 6 heteroatoms. The van der Waals surface area contributed by atoms with Crippen molar-refractivity contribution >= 4 is 0 Å². The summed E-state index contributed by atoms with van der Waals surface area (Å²) in [6.07, 6.45) is 1.13. The Morgan fingerprint density at radius 2 is 2.70 bits per heavy atom. The second-order valence-electron chi connectivity index (χ2n) is 1.60. The lowest BCUT2D eigenvalue weighted by molar-refractivity contribution is -0.719. The van der Waals surface area contributed by atoms with Gasteiger partial charge in [-0.15, -0.1) is 0 Å². The summed E-state index contributed by atoms with van der Waals surface area (Å²) in [6.45, 7) is 0.310. The molecule has 0 atom stereocenters. The van der Waals surface area contributed by atoms with E-state index in [0.29, 0.717) is 6.54 Å². The number of aliphatic hydroxyl groups excluding tert-OH is 1. The Bertz CT molecular complexity index is 199. The number of nitrogens with zero attached hydrogens (tertiary/aromatic N) is 2. The maximum absolute atomic E-state index is 10.3. The van der Waals surface area contributed by atoms with Crippen LogP contribution in [0.4, 0.5) is 0 Å². The molecule has 0 aromatic carbocycles. The Hall–Kier alpha value is -1.30. The van der Waals surface area contributed by atoms with Gasteiger partial charge in [-0.25, -0.2) is 0 Å². The molecule has 0 bridgehead atoms. The van der Waals surface area contributed by atoms with Crippen LogP contribution in [0.15, 0.2) is 10.7 Å². The molecule has 0 aliphatic rings. The van der Waals surface area contributed by atoms with Crippen LogP contribution in [-0.2, 0) is 0 Å². The van der Waals surface area contributed by atoms with Crippen molar-refractivity contribution in [3.63, 3.8) is 0 Å². The van der Waals surface area contributed by atoms with Crippen LogP contribution in [0.1, 0.15) is 0 Å². The molecule has 0 amide bonds. The quantitative estimate of drug-likeness (QED) is 0.462. The maximum atomic E-state index is 10.3. The molecule has 1 rings (SSSR count). The highest BCUT2D eigenvalue weighted by molar-refractivity contribution is 4.80. The van der Waals surface area contributed by atoms with E-state index < -0.39 is 5.95 Å².